The number of rotatable bonds is 3. The Morgan fingerprint density at radius 1 is 1.41 bits per heavy atom. The van der Waals surface area contributed by atoms with Crippen LogP contribution in [0.15, 0.2) is 16.6 Å². The summed E-state index contributed by atoms with van der Waals surface area (Å²) in [6.07, 6.45) is 0. The lowest BCUT2D eigenvalue weighted by molar-refractivity contribution is 0.0341. The van der Waals surface area contributed by atoms with Crippen LogP contribution in [0.1, 0.15) is 16.1 Å². The number of morpholine rings is 1. The van der Waals surface area contributed by atoms with E-state index in [1.807, 2.05) is 13.1 Å². The molecule has 6 nitrogen and oxygen atoms in total. The minimum Gasteiger partial charge on any atom is -0.464 e. The Balaban J connectivity index is 2.02. The van der Waals surface area contributed by atoms with E-state index in [1.165, 1.54) is 7.11 Å². The highest BCUT2D eigenvalue weighted by Crippen LogP contribution is 2.31. The van der Waals surface area contributed by atoms with E-state index in [0.717, 1.165) is 53.8 Å². The molecule has 0 radical (unpaired) electrons. The molecule has 3 rings (SSSR count). The molecule has 2 heterocycles. The Labute approximate surface area is 137 Å². The number of carbonyl (C=O) groups is 1. The third-order valence-electron chi connectivity index (χ3n) is 3.91. The Morgan fingerprint density at radius 2 is 2.14 bits per heavy atom. The van der Waals surface area contributed by atoms with Gasteiger partial charge in [0.2, 0.25) is 0 Å². The Morgan fingerprint density at radius 3 is 2.82 bits per heavy atom. The number of esters is 1. The molecule has 7 heteroatoms. The second-order valence-electron chi connectivity index (χ2n) is 5.29. The third-order valence-corrected chi connectivity index (χ3v) is 4.82. The van der Waals surface area contributed by atoms with E-state index >= 15 is 0 Å². The summed E-state index contributed by atoms with van der Waals surface area (Å²) in [5.74, 6) is -0.421. The number of nitrogens with zero attached hydrogens (tertiary/aromatic N) is 3. The van der Waals surface area contributed by atoms with E-state index in [2.05, 4.69) is 32.0 Å². The van der Waals surface area contributed by atoms with Crippen LogP contribution in [0, 0.1) is 0 Å². The van der Waals surface area contributed by atoms with E-state index in [4.69, 9.17) is 9.47 Å². The summed E-state index contributed by atoms with van der Waals surface area (Å²) >= 11 is 3.65. The fourth-order valence-corrected chi connectivity index (χ4v) is 3.37. The molecule has 0 atom stereocenters. The zero-order valence-corrected chi connectivity index (χ0v) is 14.2. The number of benzene rings is 1. The van der Waals surface area contributed by atoms with Gasteiger partial charge in [0.15, 0.2) is 5.69 Å². The molecule has 1 aliphatic rings. The molecule has 1 fully saturated rings. The number of fused-ring (bicyclic) bond motifs is 1. The van der Waals surface area contributed by atoms with E-state index in [0.29, 0.717) is 5.69 Å². The normalized spacial score (nSPS) is 16.1. The summed E-state index contributed by atoms with van der Waals surface area (Å²) in [4.78, 5) is 14.3. The molecule has 22 heavy (non-hydrogen) atoms. The van der Waals surface area contributed by atoms with Crippen molar-refractivity contribution in [3.05, 3.63) is 27.9 Å². The van der Waals surface area contributed by atoms with Gasteiger partial charge in [-0.3, -0.25) is 9.58 Å². The topological polar surface area (TPSA) is 56.6 Å². The first-order valence-corrected chi connectivity index (χ1v) is 7.93. The van der Waals surface area contributed by atoms with Crippen LogP contribution in [0.4, 0.5) is 0 Å². The summed E-state index contributed by atoms with van der Waals surface area (Å²) < 4.78 is 12.8. The van der Waals surface area contributed by atoms with Gasteiger partial charge in [0.1, 0.15) is 0 Å². The predicted molar refractivity (Wildman–Crippen MR) is 85.8 cm³/mol. The Hall–Kier alpha value is -1.44. The van der Waals surface area contributed by atoms with Crippen LogP contribution in [0.2, 0.25) is 0 Å². The van der Waals surface area contributed by atoms with Crippen LogP contribution >= 0.6 is 15.9 Å². The van der Waals surface area contributed by atoms with Gasteiger partial charge in [-0.1, -0.05) is 6.07 Å². The molecule has 2 aromatic rings. The van der Waals surface area contributed by atoms with Gasteiger partial charge < -0.3 is 9.47 Å². The number of ether oxygens (including phenoxy) is 2. The fourth-order valence-electron chi connectivity index (χ4n) is 2.72. The van der Waals surface area contributed by atoms with E-state index in [1.54, 1.807) is 4.68 Å². The summed E-state index contributed by atoms with van der Waals surface area (Å²) in [7, 11) is 3.19. The van der Waals surface area contributed by atoms with Crippen molar-refractivity contribution in [1.29, 1.82) is 0 Å². The molecule has 1 aromatic carbocycles. The quantitative estimate of drug-likeness (QED) is 0.776. The average Bonchev–Trinajstić information content (AvgIpc) is 2.88. The van der Waals surface area contributed by atoms with Crippen molar-refractivity contribution in [1.82, 2.24) is 14.7 Å². The van der Waals surface area contributed by atoms with Gasteiger partial charge in [0, 0.05) is 36.5 Å². The van der Waals surface area contributed by atoms with Crippen molar-refractivity contribution in [2.75, 3.05) is 33.4 Å². The van der Waals surface area contributed by atoms with Gasteiger partial charge in [0.05, 0.1) is 25.8 Å². The standard InChI is InChI=1S/C15H18BrN3O3/c1-18-11-4-3-10(9-19-5-7-22-8-6-19)13(16)12(11)14(17-18)15(20)21-2/h3-4H,5-9H2,1-2H3. The molecule has 0 unspecified atom stereocenters. The molecule has 0 spiro atoms. The van der Waals surface area contributed by atoms with Gasteiger partial charge in [-0.25, -0.2) is 4.79 Å². The Kier molecular flexibility index (Phi) is 4.46. The number of hydrogen-bond donors (Lipinski definition) is 0. The minimum atomic E-state index is -0.421. The van der Waals surface area contributed by atoms with Crippen molar-refractivity contribution in [3.63, 3.8) is 0 Å². The second-order valence-corrected chi connectivity index (χ2v) is 6.08. The molecule has 0 N–H and O–H groups in total. The molecule has 0 bridgehead atoms. The van der Waals surface area contributed by atoms with Gasteiger partial charge >= 0.3 is 5.97 Å². The molecule has 0 saturated carbocycles. The Bertz CT molecular complexity index is 708. The van der Waals surface area contributed by atoms with Crippen LogP contribution < -0.4 is 0 Å². The largest absolute Gasteiger partial charge is 0.464 e. The summed E-state index contributed by atoms with van der Waals surface area (Å²) in [5.41, 5.74) is 2.38. The SMILES string of the molecule is COC(=O)c1nn(C)c2ccc(CN3CCOCC3)c(Br)c12. The highest BCUT2D eigenvalue weighted by Gasteiger charge is 2.21. The molecule has 0 aliphatic carbocycles. The van der Waals surface area contributed by atoms with E-state index < -0.39 is 5.97 Å². The molecule has 1 saturated heterocycles. The number of methoxy groups -OCH3 is 1. The van der Waals surface area contributed by atoms with Crippen LogP contribution in [-0.4, -0.2) is 54.1 Å². The van der Waals surface area contributed by atoms with Crippen LogP contribution in [-0.2, 0) is 23.1 Å². The van der Waals surface area contributed by atoms with Crippen LogP contribution in [0.5, 0.6) is 0 Å². The van der Waals surface area contributed by atoms with E-state index in [-0.39, 0.29) is 0 Å². The lowest BCUT2D eigenvalue weighted by Crippen LogP contribution is -2.35. The maximum absolute atomic E-state index is 11.9. The molecule has 1 aromatic heterocycles. The summed E-state index contributed by atoms with van der Waals surface area (Å²) in [6.45, 7) is 4.18. The fraction of sp³-hybridized carbons (Fsp3) is 0.467. The minimum absolute atomic E-state index is 0.343. The number of carbonyl (C=O) groups excluding carboxylic acids is 1. The number of aromatic nitrogens is 2. The maximum Gasteiger partial charge on any atom is 0.359 e. The van der Waals surface area contributed by atoms with Crippen molar-refractivity contribution < 1.29 is 14.3 Å². The highest BCUT2D eigenvalue weighted by molar-refractivity contribution is 9.10. The smallest absolute Gasteiger partial charge is 0.359 e. The lowest BCUT2D eigenvalue weighted by Gasteiger charge is -2.27. The third kappa shape index (κ3) is 2.76. The molecule has 118 valence electrons. The van der Waals surface area contributed by atoms with Gasteiger partial charge in [-0.05, 0) is 27.6 Å². The highest BCUT2D eigenvalue weighted by atomic mass is 79.9. The second kappa shape index (κ2) is 6.36. The molecule has 0 amide bonds. The zero-order chi connectivity index (χ0) is 15.7. The maximum atomic E-state index is 11.9. The number of halogens is 1. The first kappa shape index (κ1) is 15.5. The first-order valence-electron chi connectivity index (χ1n) is 7.14. The summed E-state index contributed by atoms with van der Waals surface area (Å²) in [6, 6.07) is 4.07. The van der Waals surface area contributed by atoms with Gasteiger partial charge in [0.25, 0.3) is 0 Å². The lowest BCUT2D eigenvalue weighted by atomic mass is 10.1. The van der Waals surface area contributed by atoms with Crippen LogP contribution in [0.25, 0.3) is 10.9 Å². The summed E-state index contributed by atoms with van der Waals surface area (Å²) in [5, 5.41) is 5.09. The van der Waals surface area contributed by atoms with Gasteiger partial charge in [-0.2, -0.15) is 5.10 Å². The average molecular weight is 368 g/mol. The zero-order valence-electron chi connectivity index (χ0n) is 12.6. The molecular formula is C15H18BrN3O3. The van der Waals surface area contributed by atoms with E-state index in [9.17, 15) is 4.79 Å². The molecular weight excluding hydrogens is 350 g/mol. The number of hydrogen-bond acceptors (Lipinski definition) is 5. The number of aryl methyl sites for hydroxylation is 1. The first-order chi connectivity index (χ1) is 10.6. The van der Waals surface area contributed by atoms with Gasteiger partial charge in [-0.15, -0.1) is 0 Å². The van der Waals surface area contributed by atoms with Crippen molar-refractivity contribution >= 4 is 32.8 Å². The predicted octanol–water partition coefficient (Wildman–Crippen LogP) is 1.95. The van der Waals surface area contributed by atoms with Crippen molar-refractivity contribution in [2.24, 2.45) is 7.05 Å². The molecule has 1 aliphatic heterocycles. The van der Waals surface area contributed by atoms with Crippen LogP contribution in [0.3, 0.4) is 0 Å². The van der Waals surface area contributed by atoms with Crippen molar-refractivity contribution in [2.45, 2.75) is 6.54 Å². The van der Waals surface area contributed by atoms with Crippen molar-refractivity contribution in [3.8, 4) is 0 Å². The monoisotopic (exact) mass is 367 g/mol.